The Morgan fingerprint density at radius 1 is 0.382 bits per heavy atom. The summed E-state index contributed by atoms with van der Waals surface area (Å²) in [5.41, 5.74) is 0. The minimum Gasteiger partial charge on any atom is -0.394 e. The molecule has 1 amide bonds. The van der Waals surface area contributed by atoms with Crippen LogP contribution in [0.1, 0.15) is 20.8 Å². The van der Waals surface area contributed by atoms with Gasteiger partial charge >= 0.3 is 0 Å². The second kappa shape index (κ2) is 23.5. The third kappa shape index (κ3) is 11.4. The molecule has 6 fully saturated rings. The molecule has 30 atom stereocenters. The van der Waals surface area contributed by atoms with Crippen LogP contribution in [-0.4, -0.2) is 303 Å². The van der Waals surface area contributed by atoms with Crippen molar-refractivity contribution in [2.75, 3.05) is 26.4 Å². The van der Waals surface area contributed by atoms with E-state index in [1.807, 2.05) is 0 Å². The number of hydrogen-bond acceptors (Lipinski definition) is 29. The molecule has 68 heavy (non-hydrogen) atoms. The van der Waals surface area contributed by atoms with Gasteiger partial charge in [0.2, 0.25) is 5.91 Å². The van der Waals surface area contributed by atoms with E-state index in [0.29, 0.717) is 0 Å². The first-order valence-corrected chi connectivity index (χ1v) is 21.8. The summed E-state index contributed by atoms with van der Waals surface area (Å²) >= 11 is 0. The van der Waals surface area contributed by atoms with Crippen LogP contribution in [-0.2, 0) is 56.9 Å². The fraction of sp³-hybridized carbons (Fsp3) is 0.974. The van der Waals surface area contributed by atoms with Crippen LogP contribution >= 0.6 is 0 Å². The Labute approximate surface area is 386 Å². The van der Waals surface area contributed by atoms with Crippen LogP contribution in [0.5, 0.6) is 0 Å². The summed E-state index contributed by atoms with van der Waals surface area (Å²) in [6.45, 7) is -0.333. The predicted octanol–water partition coefficient (Wildman–Crippen LogP) is -11.9. The largest absolute Gasteiger partial charge is 0.394 e. The van der Waals surface area contributed by atoms with E-state index in [4.69, 9.17) is 52.1 Å². The van der Waals surface area contributed by atoms with Crippen LogP contribution in [0, 0.1) is 0 Å². The first-order chi connectivity index (χ1) is 32.1. The first-order valence-electron chi connectivity index (χ1n) is 21.8. The van der Waals surface area contributed by atoms with E-state index in [-0.39, 0.29) is 0 Å². The van der Waals surface area contributed by atoms with Crippen molar-refractivity contribution in [3.8, 4) is 0 Å². The average molecular weight is 1000 g/mol. The maximum atomic E-state index is 12.9. The van der Waals surface area contributed by atoms with Gasteiger partial charge in [-0.3, -0.25) is 4.79 Å². The second-order valence-electron chi connectivity index (χ2n) is 17.5. The van der Waals surface area contributed by atoms with Crippen LogP contribution in [0.15, 0.2) is 0 Å². The highest BCUT2D eigenvalue weighted by molar-refractivity contribution is 5.73. The van der Waals surface area contributed by atoms with Gasteiger partial charge in [-0.2, -0.15) is 0 Å². The molecule has 6 saturated heterocycles. The summed E-state index contributed by atoms with van der Waals surface area (Å²) in [6, 6.07) is -1.81. The summed E-state index contributed by atoms with van der Waals surface area (Å²) in [4.78, 5) is 12.9. The lowest BCUT2D eigenvalue weighted by atomic mass is 9.93. The van der Waals surface area contributed by atoms with Crippen molar-refractivity contribution in [3.05, 3.63) is 0 Å². The molecule has 30 nitrogen and oxygen atoms in total. The number of hydrogen-bond donors (Lipinski definition) is 18. The number of carbonyl (C=O) groups excluding carboxylic acids is 1. The van der Waals surface area contributed by atoms with Gasteiger partial charge in [0.1, 0.15) is 134 Å². The number of carbonyl (C=O) groups is 1. The van der Waals surface area contributed by atoms with Gasteiger partial charge in [0.05, 0.1) is 38.6 Å². The number of nitrogens with one attached hydrogen (secondary N) is 1. The maximum absolute atomic E-state index is 12.9. The monoisotopic (exact) mass is 999 g/mol. The smallest absolute Gasteiger partial charge is 0.217 e. The van der Waals surface area contributed by atoms with E-state index in [1.165, 1.54) is 13.8 Å². The second-order valence-corrected chi connectivity index (χ2v) is 17.5. The summed E-state index contributed by atoms with van der Waals surface area (Å²) in [5.74, 6) is -0.873. The fourth-order valence-corrected chi connectivity index (χ4v) is 8.79. The Morgan fingerprint density at radius 3 is 1.24 bits per heavy atom. The highest BCUT2D eigenvalue weighted by Gasteiger charge is 2.58. The Morgan fingerprint density at radius 2 is 0.750 bits per heavy atom. The molecule has 0 aliphatic carbocycles. The molecule has 18 N–H and O–H groups in total. The highest BCUT2D eigenvalue weighted by Crippen LogP contribution is 2.38. The topological polar surface area (TPSA) is 475 Å². The van der Waals surface area contributed by atoms with Crippen molar-refractivity contribution >= 4 is 5.91 Å². The highest BCUT2D eigenvalue weighted by atomic mass is 16.8. The normalized spacial score (nSPS) is 52.6. The summed E-state index contributed by atoms with van der Waals surface area (Å²) < 4.78 is 63.6. The molecule has 0 radical (unpaired) electrons. The molecule has 0 aromatic heterocycles. The lowest BCUT2D eigenvalue weighted by Crippen LogP contribution is -2.71. The van der Waals surface area contributed by atoms with E-state index in [2.05, 4.69) is 5.32 Å². The minimum absolute atomic E-state index is 0.873. The van der Waals surface area contributed by atoms with Gasteiger partial charge in [0.15, 0.2) is 37.7 Å². The van der Waals surface area contributed by atoms with E-state index < -0.39 is 217 Å². The van der Waals surface area contributed by atoms with Gasteiger partial charge in [0, 0.05) is 6.92 Å². The number of rotatable bonds is 15. The molecule has 6 heterocycles. The molecule has 30 unspecified atom stereocenters. The Bertz CT molecular complexity index is 1590. The number of aliphatic hydroxyl groups is 17. The van der Waals surface area contributed by atoms with Crippen molar-refractivity contribution in [3.63, 3.8) is 0 Å². The summed E-state index contributed by atoms with van der Waals surface area (Å²) in [6.07, 6.45) is -53.6. The summed E-state index contributed by atoms with van der Waals surface area (Å²) in [5, 5.41) is 184. The number of aliphatic hydroxyl groups excluding tert-OH is 17. The van der Waals surface area contributed by atoms with Crippen molar-refractivity contribution in [2.45, 2.75) is 205 Å². The van der Waals surface area contributed by atoms with Gasteiger partial charge in [-0.25, -0.2) is 0 Å². The molecule has 0 saturated carbocycles. The van der Waals surface area contributed by atoms with Crippen LogP contribution in [0.3, 0.4) is 0 Å². The van der Waals surface area contributed by atoms with Crippen LogP contribution < -0.4 is 5.32 Å². The quantitative estimate of drug-likeness (QED) is 0.0724. The molecule has 30 heteroatoms. The minimum atomic E-state index is -2.24. The zero-order valence-corrected chi connectivity index (χ0v) is 36.7. The Hall–Kier alpha value is -1.65. The van der Waals surface area contributed by atoms with Gasteiger partial charge in [-0.15, -0.1) is 0 Å². The molecule has 0 aromatic carbocycles. The Balaban J connectivity index is 1.33. The molecular formula is C38H65NO29. The first kappa shape index (κ1) is 55.7. The van der Waals surface area contributed by atoms with E-state index in [0.717, 1.165) is 6.92 Å². The third-order valence-corrected chi connectivity index (χ3v) is 12.8. The van der Waals surface area contributed by atoms with Crippen LogP contribution in [0.25, 0.3) is 0 Å². The van der Waals surface area contributed by atoms with Crippen molar-refractivity contribution in [2.24, 2.45) is 0 Å². The molecule has 0 aromatic rings. The Kier molecular flexibility index (Phi) is 19.2. The van der Waals surface area contributed by atoms with Gasteiger partial charge < -0.3 is 144 Å². The summed E-state index contributed by atoms with van der Waals surface area (Å²) in [7, 11) is 0. The van der Waals surface area contributed by atoms with E-state index in [1.54, 1.807) is 0 Å². The molecule has 396 valence electrons. The van der Waals surface area contributed by atoms with Crippen molar-refractivity contribution in [1.29, 1.82) is 0 Å². The fourth-order valence-electron chi connectivity index (χ4n) is 8.79. The molecular weight excluding hydrogens is 934 g/mol. The standard InChI is InChI=1S/C38H65NO29/c1-8-16(45)20(49)23(52)35(58-8)64-28-14(7-43)63-34(15(39-10(3)44)30(28)66-37-25(54)22(51)18(47)11(4-40)61-37)67-31-19(48)12(5-41)62-38(27(31)56)65-29-13(6-42)60-33(57)26(55)32(29)68-36-24(53)21(50)17(46)9(2)59-36/h8-9,11-38,40-43,45-57H,4-7H2,1-3H3,(H,39,44). The molecule has 0 bridgehead atoms. The lowest BCUT2D eigenvalue weighted by Gasteiger charge is -2.52. The maximum Gasteiger partial charge on any atom is 0.217 e. The van der Waals surface area contributed by atoms with Gasteiger partial charge in [-0.05, 0) is 13.8 Å². The predicted molar refractivity (Wildman–Crippen MR) is 208 cm³/mol. The molecule has 6 rings (SSSR count). The zero-order valence-electron chi connectivity index (χ0n) is 36.7. The molecule has 6 aliphatic heterocycles. The third-order valence-electron chi connectivity index (χ3n) is 12.8. The van der Waals surface area contributed by atoms with Crippen LogP contribution in [0.4, 0.5) is 0 Å². The van der Waals surface area contributed by atoms with Gasteiger partial charge in [0.25, 0.3) is 0 Å². The van der Waals surface area contributed by atoms with Crippen molar-refractivity contribution in [1.82, 2.24) is 5.32 Å². The van der Waals surface area contributed by atoms with Gasteiger partial charge in [-0.1, -0.05) is 0 Å². The molecule has 6 aliphatic rings. The zero-order chi connectivity index (χ0) is 50.2. The number of ether oxygens (including phenoxy) is 11. The van der Waals surface area contributed by atoms with E-state index in [9.17, 15) is 91.6 Å². The van der Waals surface area contributed by atoms with Crippen LogP contribution in [0.2, 0.25) is 0 Å². The SMILES string of the molecule is CC(=O)NC1C(OC2C(O)C(CO)OC(OC3C(CO)OC(O)C(O)C3OC3OC(C)C(O)C(O)C3O)C2O)OC(CO)C(OC2OC(C)C(O)C(O)C2O)C1OC1OC(CO)C(O)C(O)C1O. The van der Waals surface area contributed by atoms with E-state index >= 15 is 0 Å². The van der Waals surface area contributed by atoms with Crippen molar-refractivity contribution < 1.29 is 144 Å². The lowest BCUT2D eigenvalue weighted by molar-refractivity contribution is -0.397. The number of amides is 1. The average Bonchev–Trinajstić information content (AvgIpc) is 3.31. The molecule has 0 spiro atoms.